The lowest BCUT2D eigenvalue weighted by molar-refractivity contribution is -0.140. The first-order valence-electron chi connectivity index (χ1n) is 11.6. The Morgan fingerprint density at radius 1 is 1.09 bits per heavy atom. The summed E-state index contributed by atoms with van der Waals surface area (Å²) in [6.07, 6.45) is 3.06. The van der Waals surface area contributed by atoms with Crippen LogP contribution in [0.3, 0.4) is 0 Å². The summed E-state index contributed by atoms with van der Waals surface area (Å²) in [7, 11) is -3.64. The zero-order valence-electron chi connectivity index (χ0n) is 20.3. The molecule has 0 bridgehead atoms. The number of hydrogen-bond donors (Lipinski definition) is 1. The smallest absolute Gasteiger partial charge is 0.242 e. The van der Waals surface area contributed by atoms with Gasteiger partial charge in [0, 0.05) is 31.1 Å². The van der Waals surface area contributed by atoms with Crippen LogP contribution < -0.4 is 9.62 Å². The van der Waals surface area contributed by atoms with Gasteiger partial charge in [-0.2, -0.15) is 0 Å². The summed E-state index contributed by atoms with van der Waals surface area (Å²) < 4.78 is 39.0. The van der Waals surface area contributed by atoms with Gasteiger partial charge in [-0.3, -0.25) is 13.9 Å². The largest absolute Gasteiger partial charge is 0.354 e. The summed E-state index contributed by atoms with van der Waals surface area (Å²) in [6.45, 7) is 4.39. The molecule has 2 amide bonds. The van der Waals surface area contributed by atoms with E-state index in [2.05, 4.69) is 5.32 Å². The monoisotopic (exact) mass is 525 g/mol. The van der Waals surface area contributed by atoms with E-state index in [0.717, 1.165) is 23.4 Å². The highest BCUT2D eigenvalue weighted by Crippen LogP contribution is 2.21. The standard InChI is InChI=1S/C25H33ClFN3O4S/c1-4-5-16-28-25(32)19(2)29(18-20-9-6-7-10-23(20)26)24(31)11-8-17-30(35(3,33)34)22-14-12-21(27)13-15-22/h6-7,9-10,12-15,19H,4-5,8,11,16-18H2,1-3H3,(H,28,32)/t19-/m1/s1. The first-order chi connectivity index (χ1) is 16.5. The Labute approximate surface area is 212 Å². The third kappa shape index (κ3) is 8.81. The average molecular weight is 526 g/mol. The summed E-state index contributed by atoms with van der Waals surface area (Å²) >= 11 is 6.30. The zero-order valence-corrected chi connectivity index (χ0v) is 21.9. The third-order valence-electron chi connectivity index (χ3n) is 5.56. The van der Waals surface area contributed by atoms with Gasteiger partial charge >= 0.3 is 0 Å². The Balaban J connectivity index is 2.14. The van der Waals surface area contributed by atoms with Gasteiger partial charge in [-0.05, 0) is 55.7 Å². The molecule has 7 nitrogen and oxygen atoms in total. The minimum absolute atomic E-state index is 0.0181. The summed E-state index contributed by atoms with van der Waals surface area (Å²) in [5.41, 5.74) is 1.03. The van der Waals surface area contributed by atoms with Crippen LogP contribution in [0, 0.1) is 5.82 Å². The lowest BCUT2D eigenvalue weighted by Crippen LogP contribution is -2.48. The van der Waals surface area contributed by atoms with E-state index in [-0.39, 0.29) is 37.7 Å². The third-order valence-corrected chi connectivity index (χ3v) is 7.12. The summed E-state index contributed by atoms with van der Waals surface area (Å²) in [5, 5.41) is 3.34. The number of nitrogens with zero attached hydrogens (tertiary/aromatic N) is 2. The van der Waals surface area contributed by atoms with Crippen LogP contribution in [0.1, 0.15) is 45.1 Å². The number of halogens is 2. The SMILES string of the molecule is CCCCNC(=O)[C@@H](C)N(Cc1ccccc1Cl)C(=O)CCCN(c1ccc(F)cc1)S(C)(=O)=O. The quantitative estimate of drug-likeness (QED) is 0.394. The minimum atomic E-state index is -3.64. The maximum absolute atomic E-state index is 13.3. The number of carbonyl (C=O) groups excluding carboxylic acids is 2. The average Bonchev–Trinajstić information content (AvgIpc) is 2.81. The highest BCUT2D eigenvalue weighted by Gasteiger charge is 2.27. The highest BCUT2D eigenvalue weighted by molar-refractivity contribution is 7.92. The first kappa shape index (κ1) is 28.6. The van der Waals surface area contributed by atoms with E-state index in [0.29, 0.717) is 22.8 Å². The number of sulfonamides is 1. The second-order valence-corrected chi connectivity index (χ2v) is 10.7. The molecule has 0 saturated carbocycles. The van der Waals surface area contributed by atoms with Crippen molar-refractivity contribution < 1.29 is 22.4 Å². The lowest BCUT2D eigenvalue weighted by atomic mass is 10.1. The number of hydrogen-bond acceptors (Lipinski definition) is 4. The van der Waals surface area contributed by atoms with Crippen molar-refractivity contribution in [1.29, 1.82) is 0 Å². The van der Waals surface area contributed by atoms with Crippen LogP contribution in [0.15, 0.2) is 48.5 Å². The molecular weight excluding hydrogens is 493 g/mol. The summed E-state index contributed by atoms with van der Waals surface area (Å²) in [6, 6.07) is 11.5. The number of carbonyl (C=O) groups is 2. The second-order valence-electron chi connectivity index (χ2n) is 8.35. The summed E-state index contributed by atoms with van der Waals surface area (Å²) in [5.74, 6) is -1.03. The molecule has 1 atom stereocenters. The maximum atomic E-state index is 13.3. The van der Waals surface area contributed by atoms with Gasteiger partial charge in [0.05, 0.1) is 11.9 Å². The fraction of sp³-hybridized carbons (Fsp3) is 0.440. The normalized spacial score (nSPS) is 12.1. The van der Waals surface area contributed by atoms with Crippen molar-refractivity contribution in [3.63, 3.8) is 0 Å². The molecule has 35 heavy (non-hydrogen) atoms. The van der Waals surface area contributed by atoms with Crippen LogP contribution in [-0.2, 0) is 26.2 Å². The predicted octanol–water partition coefficient (Wildman–Crippen LogP) is 4.36. The van der Waals surface area contributed by atoms with Gasteiger partial charge in [0.15, 0.2) is 0 Å². The Hall–Kier alpha value is -2.65. The van der Waals surface area contributed by atoms with Crippen molar-refractivity contribution >= 4 is 39.1 Å². The molecule has 0 radical (unpaired) electrons. The van der Waals surface area contributed by atoms with Gasteiger partial charge in [-0.1, -0.05) is 43.1 Å². The Morgan fingerprint density at radius 2 is 1.74 bits per heavy atom. The van der Waals surface area contributed by atoms with Crippen LogP contribution in [0.5, 0.6) is 0 Å². The molecule has 0 unspecified atom stereocenters. The predicted molar refractivity (Wildman–Crippen MR) is 137 cm³/mol. The van der Waals surface area contributed by atoms with Crippen molar-refractivity contribution in [2.75, 3.05) is 23.7 Å². The Morgan fingerprint density at radius 3 is 2.34 bits per heavy atom. The number of nitrogens with one attached hydrogen (secondary N) is 1. The van der Waals surface area contributed by atoms with Crippen molar-refractivity contribution in [1.82, 2.24) is 10.2 Å². The van der Waals surface area contributed by atoms with E-state index in [4.69, 9.17) is 11.6 Å². The number of benzene rings is 2. The van der Waals surface area contributed by atoms with Gasteiger partial charge < -0.3 is 10.2 Å². The van der Waals surface area contributed by atoms with Crippen LogP contribution in [0.2, 0.25) is 5.02 Å². The van der Waals surface area contributed by atoms with Gasteiger partial charge in [0.25, 0.3) is 0 Å². The van der Waals surface area contributed by atoms with E-state index in [1.54, 1.807) is 25.1 Å². The highest BCUT2D eigenvalue weighted by atomic mass is 35.5. The lowest BCUT2D eigenvalue weighted by Gasteiger charge is -2.29. The van der Waals surface area contributed by atoms with E-state index >= 15 is 0 Å². The van der Waals surface area contributed by atoms with E-state index in [1.165, 1.54) is 29.2 Å². The van der Waals surface area contributed by atoms with E-state index < -0.39 is 21.9 Å². The molecule has 2 aromatic rings. The Bertz CT molecular complexity index is 1100. The fourth-order valence-corrected chi connectivity index (χ4v) is 4.70. The van der Waals surface area contributed by atoms with Crippen molar-refractivity contribution in [3.05, 3.63) is 64.9 Å². The summed E-state index contributed by atoms with van der Waals surface area (Å²) in [4.78, 5) is 27.4. The minimum Gasteiger partial charge on any atom is -0.354 e. The molecular formula is C25H33ClFN3O4S. The number of anilines is 1. The van der Waals surface area contributed by atoms with Gasteiger partial charge in [-0.15, -0.1) is 0 Å². The van der Waals surface area contributed by atoms with Crippen LogP contribution in [-0.4, -0.2) is 50.5 Å². The molecule has 1 N–H and O–H groups in total. The molecule has 0 spiro atoms. The molecule has 192 valence electrons. The molecule has 0 saturated heterocycles. The molecule has 2 rings (SSSR count). The van der Waals surface area contributed by atoms with Gasteiger partial charge in [0.2, 0.25) is 21.8 Å². The zero-order chi connectivity index (χ0) is 26.0. The molecule has 10 heteroatoms. The molecule has 0 aliphatic carbocycles. The van der Waals surface area contributed by atoms with E-state index in [9.17, 15) is 22.4 Å². The van der Waals surface area contributed by atoms with Gasteiger partial charge in [-0.25, -0.2) is 12.8 Å². The van der Waals surface area contributed by atoms with Crippen LogP contribution >= 0.6 is 11.6 Å². The second kappa shape index (κ2) is 13.4. The van der Waals surface area contributed by atoms with Gasteiger partial charge in [0.1, 0.15) is 11.9 Å². The van der Waals surface area contributed by atoms with E-state index in [1.807, 2.05) is 13.0 Å². The van der Waals surface area contributed by atoms with Crippen LogP contribution in [0.4, 0.5) is 10.1 Å². The number of unbranched alkanes of at least 4 members (excludes halogenated alkanes) is 1. The van der Waals surface area contributed by atoms with Crippen LogP contribution in [0.25, 0.3) is 0 Å². The molecule has 2 aromatic carbocycles. The van der Waals surface area contributed by atoms with Crippen molar-refractivity contribution in [2.24, 2.45) is 0 Å². The van der Waals surface area contributed by atoms with Crippen molar-refractivity contribution in [2.45, 2.75) is 52.1 Å². The van der Waals surface area contributed by atoms with Crippen molar-refractivity contribution in [3.8, 4) is 0 Å². The topological polar surface area (TPSA) is 86.8 Å². The maximum Gasteiger partial charge on any atom is 0.242 e. The number of rotatable bonds is 13. The molecule has 0 aromatic heterocycles. The molecule has 0 heterocycles. The fourth-order valence-electron chi connectivity index (χ4n) is 3.54. The molecule has 0 aliphatic rings. The number of amides is 2. The Kier molecular flexibility index (Phi) is 11.0. The molecule has 0 aliphatic heterocycles. The molecule has 0 fully saturated rings. The first-order valence-corrected chi connectivity index (χ1v) is 13.8.